The number of benzene rings is 22. The first-order chi connectivity index (χ1) is 70.0. The Bertz CT molecular complexity index is 10500. The van der Waals surface area contributed by atoms with Gasteiger partial charge in [0.2, 0.25) is 0 Å². The number of rotatable bonds is 10. The van der Waals surface area contributed by atoms with Crippen LogP contribution in [0.15, 0.2) is 509 Å². The number of para-hydroxylation sites is 12. The summed E-state index contributed by atoms with van der Waals surface area (Å²) in [6.07, 6.45) is 0. The van der Waals surface area contributed by atoms with E-state index in [1.807, 2.05) is 30.3 Å². The third-order valence-electron chi connectivity index (χ3n) is 29.1. The Morgan fingerprint density at radius 3 is 0.780 bits per heavy atom. The van der Waals surface area contributed by atoms with Crippen molar-refractivity contribution in [3.63, 3.8) is 0 Å². The lowest BCUT2D eigenvalue weighted by atomic mass is 9.99. The monoisotopic (exact) mass is 1800 g/mol. The van der Waals surface area contributed by atoms with Crippen molar-refractivity contribution in [2.24, 2.45) is 0 Å². The minimum absolute atomic E-state index is 0.910. The highest BCUT2D eigenvalue weighted by molar-refractivity contribution is 6.28. The molecule has 0 radical (unpaired) electrons. The second kappa shape index (κ2) is 31.8. The van der Waals surface area contributed by atoms with Gasteiger partial charge in [-0.25, -0.2) is 0 Å². The van der Waals surface area contributed by atoms with Gasteiger partial charge >= 0.3 is 0 Å². The number of nitrogens with zero attached hydrogens (tertiary/aromatic N) is 5. The van der Waals surface area contributed by atoms with Gasteiger partial charge in [0.25, 0.3) is 0 Å². The van der Waals surface area contributed by atoms with Crippen LogP contribution in [-0.2, 0) is 0 Å². The van der Waals surface area contributed by atoms with E-state index in [1.54, 1.807) is 0 Å². The maximum absolute atomic E-state index is 6.69. The van der Waals surface area contributed by atoms with E-state index in [-0.39, 0.29) is 0 Å². The highest BCUT2D eigenvalue weighted by Gasteiger charge is 2.26. The molecule has 22 aromatic carbocycles. The summed E-state index contributed by atoms with van der Waals surface area (Å²) in [5, 5.41) is 21.2. The minimum Gasteiger partial charge on any atom is -0.455 e. The molecule has 9 heterocycles. The topological polar surface area (TPSA) is 77.2 Å². The molecule has 0 amide bonds. The molecule has 0 aliphatic heterocycles. The van der Waals surface area contributed by atoms with Crippen LogP contribution in [0.5, 0.6) is 0 Å². The van der Waals surface area contributed by atoms with Gasteiger partial charge in [-0.1, -0.05) is 322 Å². The quantitative estimate of drug-likeness (QED) is 0.137. The summed E-state index contributed by atoms with van der Waals surface area (Å²) >= 11 is 0. The molecule has 0 spiro atoms. The molecule has 0 atom stereocenters. The summed E-state index contributed by atoms with van der Waals surface area (Å²) in [6.45, 7) is 0. The number of fused-ring (bicyclic) bond motifs is 30. The van der Waals surface area contributed by atoms with Crippen LogP contribution in [0.25, 0.3) is 281 Å². The van der Waals surface area contributed by atoms with Crippen LogP contribution in [0.3, 0.4) is 0 Å². The van der Waals surface area contributed by atoms with Gasteiger partial charge in [-0.15, -0.1) is 0 Å². The Labute approximate surface area is 807 Å². The molecule has 0 saturated carbocycles. The molecule has 0 aliphatic rings. The Hall–Kier alpha value is -19.0. The lowest BCUT2D eigenvalue weighted by Gasteiger charge is -2.11. The summed E-state index contributed by atoms with van der Waals surface area (Å²) in [7, 11) is 0. The standard InChI is InChI=1S/C48H30N2O.C42H26N2O.C42H25NO2/c1-2-12-35(13-3-1)49-42-18-7-4-15-37(42)41-30-34(25-27-44(41)49)32-23-21-31(22-24-32)33-11-10-14-36(29-33)50-43-19-8-5-17-40(43)47-45(50)28-26-39-38-16-6-9-20-46(38)51-48(39)47;1-2-12-29(13-3-1)43-36-18-7-4-15-31(36)35-26-28(21-23-38(35)43)27-11-10-14-30(25-27)44-37-19-8-5-17-34(37)41-39(44)24-22-33-32-16-6-9-20-40(32)45-42(33)41;1-2-10-26(11-3-1)29-14-8-16-32-33-17-9-15-30(41(33)45-40(29)32)27-20-22-28(23-21-27)43-36-18-6-4-13-35(36)39-37(43)25-24-34-31-12-5-7-19-38(31)44-42(34)39/h1-30H;1-26H;1-25H. The largest absolute Gasteiger partial charge is 0.455 e. The summed E-state index contributed by atoms with van der Waals surface area (Å²) in [5.74, 6) is 0. The van der Waals surface area contributed by atoms with Gasteiger partial charge in [-0.3, -0.25) is 0 Å². The third kappa shape index (κ3) is 12.5. The molecule has 9 aromatic heterocycles. The summed E-state index contributed by atoms with van der Waals surface area (Å²) in [4.78, 5) is 0. The molecule has 141 heavy (non-hydrogen) atoms. The second-order valence-corrected chi connectivity index (χ2v) is 36.8. The predicted octanol–water partition coefficient (Wildman–Crippen LogP) is 36.5. The van der Waals surface area contributed by atoms with E-state index in [4.69, 9.17) is 17.7 Å². The van der Waals surface area contributed by atoms with Crippen LogP contribution in [0.2, 0.25) is 0 Å². The molecule has 31 aromatic rings. The average Bonchev–Trinajstić information content (AvgIpc) is 1.56. The Morgan fingerprint density at radius 1 is 0.121 bits per heavy atom. The van der Waals surface area contributed by atoms with Crippen molar-refractivity contribution < 1.29 is 17.7 Å². The molecule has 0 fully saturated rings. The van der Waals surface area contributed by atoms with Crippen molar-refractivity contribution >= 4 is 197 Å². The predicted molar refractivity (Wildman–Crippen MR) is 587 cm³/mol. The fourth-order valence-corrected chi connectivity index (χ4v) is 22.7. The zero-order valence-corrected chi connectivity index (χ0v) is 76.1. The smallest absolute Gasteiger partial charge is 0.145 e. The van der Waals surface area contributed by atoms with Crippen LogP contribution in [0.4, 0.5) is 0 Å². The number of furan rings is 4. The zero-order valence-electron chi connectivity index (χ0n) is 76.1. The van der Waals surface area contributed by atoms with Crippen molar-refractivity contribution in [3.8, 4) is 84.1 Å². The maximum atomic E-state index is 6.69. The Balaban J connectivity index is 0.000000102. The summed E-state index contributed by atoms with van der Waals surface area (Å²) in [5.41, 5.74) is 36.4. The highest BCUT2D eigenvalue weighted by Crippen LogP contribution is 2.49. The normalized spacial score (nSPS) is 12.0. The van der Waals surface area contributed by atoms with Crippen molar-refractivity contribution in [3.05, 3.63) is 491 Å². The average molecular weight is 1800 g/mol. The molecule has 9 nitrogen and oxygen atoms in total. The number of hydrogen-bond donors (Lipinski definition) is 0. The van der Waals surface area contributed by atoms with Gasteiger partial charge in [0.15, 0.2) is 0 Å². The van der Waals surface area contributed by atoms with Crippen LogP contribution in [0.1, 0.15) is 0 Å². The van der Waals surface area contributed by atoms with Crippen LogP contribution in [-0.4, -0.2) is 22.8 Å². The van der Waals surface area contributed by atoms with E-state index < -0.39 is 0 Å². The van der Waals surface area contributed by atoms with Crippen molar-refractivity contribution in [2.75, 3.05) is 0 Å². The molecule has 0 N–H and O–H groups in total. The van der Waals surface area contributed by atoms with Crippen molar-refractivity contribution in [1.82, 2.24) is 22.8 Å². The SMILES string of the molecule is c1ccc(-c2cccc3c2oc2c(-c4ccc(-n5c6ccccc6c6c7oc8ccccc8c7ccc65)cc4)cccc23)cc1.c1ccc(-n2c3ccccc3c3cc(-c4ccc(-c5cccc(-n6c7ccccc7c7c8oc9ccccc9c8ccc76)c5)cc4)ccc32)cc1.c1ccc(-n2c3ccccc3c3cc(-c4cccc(-n5c6ccccc6c6c7oc8ccccc8c7ccc65)c4)ccc32)cc1. The highest BCUT2D eigenvalue weighted by atomic mass is 16.3. The fourth-order valence-electron chi connectivity index (χ4n) is 22.7. The molecule has 0 bridgehead atoms. The van der Waals surface area contributed by atoms with Crippen molar-refractivity contribution in [1.29, 1.82) is 0 Å². The fraction of sp³-hybridized carbons (Fsp3) is 0. The van der Waals surface area contributed by atoms with E-state index in [1.165, 1.54) is 110 Å². The van der Waals surface area contributed by atoms with Gasteiger partial charge < -0.3 is 40.5 Å². The third-order valence-corrected chi connectivity index (χ3v) is 29.1. The minimum atomic E-state index is 0.910. The van der Waals surface area contributed by atoms with Crippen molar-refractivity contribution in [2.45, 2.75) is 0 Å². The van der Waals surface area contributed by atoms with Gasteiger partial charge in [-0.05, 0) is 214 Å². The van der Waals surface area contributed by atoms with Crippen LogP contribution in [0, 0.1) is 0 Å². The molecule has 658 valence electrons. The van der Waals surface area contributed by atoms with Gasteiger partial charge in [0.05, 0.1) is 71.3 Å². The van der Waals surface area contributed by atoms with E-state index in [0.717, 1.165) is 171 Å². The molecular formula is C132H81N5O4. The van der Waals surface area contributed by atoms with E-state index >= 15 is 0 Å². The Morgan fingerprint density at radius 2 is 0.369 bits per heavy atom. The maximum Gasteiger partial charge on any atom is 0.145 e. The summed E-state index contributed by atoms with van der Waals surface area (Å²) < 4.78 is 38.0. The van der Waals surface area contributed by atoms with Gasteiger partial charge in [0, 0.05) is 120 Å². The summed E-state index contributed by atoms with van der Waals surface area (Å²) in [6, 6.07) is 175. The zero-order chi connectivity index (χ0) is 92.4. The van der Waals surface area contributed by atoms with Crippen LogP contribution >= 0.6 is 0 Å². The first-order valence-corrected chi connectivity index (χ1v) is 48.1. The first-order valence-electron chi connectivity index (χ1n) is 48.1. The molecule has 0 aliphatic carbocycles. The van der Waals surface area contributed by atoms with Crippen LogP contribution < -0.4 is 0 Å². The lowest BCUT2D eigenvalue weighted by Crippen LogP contribution is -1.94. The lowest BCUT2D eigenvalue weighted by molar-refractivity contribution is 0.671. The molecule has 9 heteroatoms. The first kappa shape index (κ1) is 79.4. The van der Waals surface area contributed by atoms with E-state index in [2.05, 4.69) is 484 Å². The van der Waals surface area contributed by atoms with Gasteiger partial charge in [0.1, 0.15) is 44.7 Å². The molecule has 31 rings (SSSR count). The molecular weight excluding hydrogens is 1720 g/mol. The molecule has 0 unspecified atom stereocenters. The van der Waals surface area contributed by atoms with E-state index in [9.17, 15) is 0 Å². The second-order valence-electron chi connectivity index (χ2n) is 36.8. The van der Waals surface area contributed by atoms with Gasteiger partial charge in [-0.2, -0.15) is 0 Å². The number of hydrogen-bond acceptors (Lipinski definition) is 4. The molecule has 0 saturated heterocycles. The Kier molecular flexibility index (Phi) is 17.9. The number of aromatic nitrogens is 5. The van der Waals surface area contributed by atoms with E-state index in [0.29, 0.717) is 0 Å².